The number of phenolic OH excluding ortho intramolecular Hbond substituents is 2. The third-order valence-corrected chi connectivity index (χ3v) is 7.70. The number of aliphatic hydroxyl groups is 1. The van der Waals surface area contributed by atoms with Gasteiger partial charge in [0.25, 0.3) is 5.56 Å². The first kappa shape index (κ1) is 43.0. The lowest BCUT2D eigenvalue weighted by molar-refractivity contribution is -0.137. The zero-order chi connectivity index (χ0) is 39.5. The van der Waals surface area contributed by atoms with Crippen molar-refractivity contribution in [1.29, 1.82) is 0 Å². The Morgan fingerprint density at radius 1 is 0.889 bits per heavy atom. The Morgan fingerprint density at radius 2 is 1.56 bits per heavy atom. The molecule has 1 atom stereocenters. The molecule has 1 unspecified atom stereocenters. The van der Waals surface area contributed by atoms with Crippen LogP contribution in [0.3, 0.4) is 0 Å². The first-order valence-corrected chi connectivity index (χ1v) is 17.1. The molecule has 0 aliphatic rings. The number of amides is 4. The van der Waals surface area contributed by atoms with Crippen LogP contribution in [-0.4, -0.2) is 115 Å². The van der Waals surface area contributed by atoms with Crippen LogP contribution in [0.4, 0.5) is 10.5 Å². The van der Waals surface area contributed by atoms with Gasteiger partial charge in [-0.1, -0.05) is 29.8 Å². The van der Waals surface area contributed by atoms with Crippen molar-refractivity contribution in [3.05, 3.63) is 80.7 Å². The minimum absolute atomic E-state index is 0.0206. The normalized spacial score (nSPS) is 11.4. The number of carbonyl (C=O) groups is 4. The third kappa shape index (κ3) is 14.6. The van der Waals surface area contributed by atoms with E-state index in [1.807, 2.05) is 0 Å². The van der Waals surface area contributed by atoms with E-state index in [-0.39, 0.29) is 106 Å². The Hall–Kier alpha value is -5.40. The molecule has 3 aromatic rings. The van der Waals surface area contributed by atoms with E-state index in [9.17, 15) is 39.3 Å². The number of halogens is 1. The number of carbonyl (C=O) groups excluding carboxylic acids is 3. The highest BCUT2D eigenvalue weighted by atomic mass is 35.5. The van der Waals surface area contributed by atoms with Crippen LogP contribution in [0.5, 0.6) is 17.2 Å². The van der Waals surface area contributed by atoms with Gasteiger partial charge in [-0.05, 0) is 36.8 Å². The number of aliphatic carboxylic acids is 1. The molecule has 3 rings (SSSR count). The van der Waals surface area contributed by atoms with Gasteiger partial charge >= 0.3 is 12.0 Å². The van der Waals surface area contributed by atoms with Crippen LogP contribution >= 0.6 is 11.6 Å². The molecule has 0 bridgehead atoms. The smallest absolute Gasteiger partial charge is 0.319 e. The summed E-state index contributed by atoms with van der Waals surface area (Å²) in [5.74, 6) is -2.36. The number of hydrogen-bond donors (Lipinski definition) is 8. The van der Waals surface area contributed by atoms with Gasteiger partial charge in [-0.25, -0.2) is 4.79 Å². The van der Waals surface area contributed by atoms with Crippen molar-refractivity contribution in [2.75, 3.05) is 71.3 Å². The second-order valence-electron chi connectivity index (χ2n) is 11.5. The fourth-order valence-corrected chi connectivity index (χ4v) is 5.10. The van der Waals surface area contributed by atoms with E-state index in [1.54, 1.807) is 19.1 Å². The first-order chi connectivity index (χ1) is 25.9. The third-order valence-electron chi connectivity index (χ3n) is 7.34. The predicted molar refractivity (Wildman–Crippen MR) is 194 cm³/mol. The van der Waals surface area contributed by atoms with E-state index >= 15 is 0 Å². The second-order valence-corrected chi connectivity index (χ2v) is 11.9. The van der Waals surface area contributed by atoms with E-state index in [0.29, 0.717) is 11.1 Å². The summed E-state index contributed by atoms with van der Waals surface area (Å²) in [7, 11) is 0. The molecule has 8 N–H and O–H groups in total. The van der Waals surface area contributed by atoms with Gasteiger partial charge in [-0.2, -0.15) is 0 Å². The number of rotatable bonds is 23. The minimum Gasteiger partial charge on any atom is -0.508 e. The number of urea groups is 1. The number of hydrogen-bond acceptors (Lipinski definition) is 12. The van der Waals surface area contributed by atoms with Crippen LogP contribution in [0, 0.1) is 6.92 Å². The molecule has 0 saturated carbocycles. The van der Waals surface area contributed by atoms with Gasteiger partial charge in [0.15, 0.2) is 11.4 Å². The SMILES string of the molecule is Cc1cn(Cc2c(O)cccc2Cl)c(=O)c(NC(=O)NC(CC(=O)O)c2cccc(O)c2)c1OCCOCCOCCNC(=O)COCC(=O)NCCO. The van der Waals surface area contributed by atoms with Crippen molar-refractivity contribution in [3.8, 4) is 17.2 Å². The topological polar surface area (TPSA) is 256 Å². The van der Waals surface area contributed by atoms with Gasteiger partial charge in [0.2, 0.25) is 11.8 Å². The molecule has 54 heavy (non-hydrogen) atoms. The fraction of sp³-hybridized carbons (Fsp3) is 0.400. The number of benzene rings is 2. The molecule has 2 aromatic carbocycles. The lowest BCUT2D eigenvalue weighted by atomic mass is 10.0. The summed E-state index contributed by atoms with van der Waals surface area (Å²) in [5, 5.41) is 48.6. The monoisotopic (exact) mass is 777 g/mol. The molecule has 0 aliphatic carbocycles. The maximum absolute atomic E-state index is 13.8. The number of aliphatic hydroxyl groups excluding tert-OH is 1. The summed E-state index contributed by atoms with van der Waals surface area (Å²) >= 11 is 6.28. The summed E-state index contributed by atoms with van der Waals surface area (Å²) in [6.07, 6.45) is 0.947. The number of aromatic nitrogens is 1. The quantitative estimate of drug-likeness (QED) is 0.0632. The van der Waals surface area contributed by atoms with Crippen molar-refractivity contribution in [2.24, 2.45) is 0 Å². The van der Waals surface area contributed by atoms with Crippen LogP contribution in [-0.2, 0) is 35.1 Å². The standard InChI is InChI=1S/C35H44ClN5O13/c1-22-18-41(19-25-26(36)6-3-7-28(25)44)34(49)32(40-35(50)39-27(17-31(47)48)23-4-2-5-24(43)16-23)33(22)54-15-14-52-13-12-51-11-9-38-30(46)21-53-20-29(45)37-8-10-42/h2-7,16,18,27,42-44H,8-15,17,19-21H2,1H3,(H,37,45)(H,38,46)(H,47,48)(H2,39,40,50). The molecular weight excluding hydrogens is 734 g/mol. The van der Waals surface area contributed by atoms with Crippen molar-refractivity contribution in [2.45, 2.75) is 25.9 Å². The van der Waals surface area contributed by atoms with Crippen molar-refractivity contribution < 1.29 is 58.6 Å². The van der Waals surface area contributed by atoms with Gasteiger partial charge in [0.05, 0.1) is 52.0 Å². The molecular formula is C35H44ClN5O13. The largest absolute Gasteiger partial charge is 0.508 e. The van der Waals surface area contributed by atoms with E-state index in [1.165, 1.54) is 41.1 Å². The number of pyridine rings is 1. The van der Waals surface area contributed by atoms with Crippen molar-refractivity contribution >= 4 is 41.1 Å². The number of carboxylic acids is 1. The maximum Gasteiger partial charge on any atom is 0.319 e. The van der Waals surface area contributed by atoms with Crippen LogP contribution in [0.2, 0.25) is 5.02 Å². The molecule has 19 heteroatoms. The van der Waals surface area contributed by atoms with E-state index in [0.717, 1.165) is 0 Å². The number of aryl methyl sites for hydroxylation is 1. The van der Waals surface area contributed by atoms with Gasteiger partial charge in [0, 0.05) is 35.4 Å². The summed E-state index contributed by atoms with van der Waals surface area (Å²) < 4.78 is 23.1. The van der Waals surface area contributed by atoms with Crippen LogP contribution in [0.1, 0.15) is 29.2 Å². The van der Waals surface area contributed by atoms with Crippen LogP contribution < -0.4 is 31.6 Å². The molecule has 0 aliphatic heterocycles. The van der Waals surface area contributed by atoms with Crippen molar-refractivity contribution in [3.63, 3.8) is 0 Å². The highest BCUT2D eigenvalue weighted by Crippen LogP contribution is 2.29. The fourth-order valence-electron chi connectivity index (χ4n) is 4.87. The number of carboxylic acid groups (broad SMARTS) is 1. The predicted octanol–water partition coefficient (Wildman–Crippen LogP) is 1.26. The Morgan fingerprint density at radius 3 is 2.22 bits per heavy atom. The van der Waals surface area contributed by atoms with Gasteiger partial charge in [-0.15, -0.1) is 0 Å². The number of ether oxygens (including phenoxy) is 4. The zero-order valence-electron chi connectivity index (χ0n) is 29.5. The van der Waals surface area contributed by atoms with Gasteiger partial charge < -0.3 is 65.2 Å². The summed E-state index contributed by atoms with van der Waals surface area (Å²) in [4.78, 5) is 61.8. The first-order valence-electron chi connectivity index (χ1n) is 16.7. The van der Waals surface area contributed by atoms with E-state index in [2.05, 4.69) is 21.3 Å². The lowest BCUT2D eigenvalue weighted by Crippen LogP contribution is -2.36. The zero-order valence-corrected chi connectivity index (χ0v) is 30.2. The summed E-state index contributed by atoms with van der Waals surface area (Å²) in [5.41, 5.74) is 0.0128. The van der Waals surface area contributed by atoms with Gasteiger partial charge in [-0.3, -0.25) is 19.2 Å². The Bertz CT molecular complexity index is 1770. The van der Waals surface area contributed by atoms with Gasteiger partial charge in [0.1, 0.15) is 31.3 Å². The molecule has 0 spiro atoms. The maximum atomic E-state index is 13.8. The minimum atomic E-state index is -1.22. The lowest BCUT2D eigenvalue weighted by Gasteiger charge is -2.21. The summed E-state index contributed by atoms with van der Waals surface area (Å²) in [6.45, 7) is 1.47. The number of phenols is 2. The number of nitrogens with one attached hydrogen (secondary N) is 4. The Labute approximate surface area is 314 Å². The molecule has 1 heterocycles. The molecule has 0 saturated heterocycles. The Balaban J connectivity index is 1.58. The second kappa shape index (κ2) is 22.6. The highest BCUT2D eigenvalue weighted by Gasteiger charge is 2.23. The average Bonchev–Trinajstić information content (AvgIpc) is 3.12. The Kier molecular flexibility index (Phi) is 18.0. The number of nitrogens with zero attached hydrogens (tertiary/aromatic N) is 1. The summed E-state index contributed by atoms with van der Waals surface area (Å²) in [6, 6.07) is 8.25. The van der Waals surface area contributed by atoms with E-state index < -0.39 is 41.8 Å². The van der Waals surface area contributed by atoms with Crippen molar-refractivity contribution in [1.82, 2.24) is 20.5 Å². The van der Waals surface area contributed by atoms with Crippen LogP contribution in [0.25, 0.3) is 0 Å². The molecule has 294 valence electrons. The molecule has 18 nitrogen and oxygen atoms in total. The molecule has 4 amide bonds. The van der Waals surface area contributed by atoms with Crippen LogP contribution in [0.15, 0.2) is 53.5 Å². The molecule has 0 fully saturated rings. The number of aromatic hydroxyl groups is 2. The molecule has 0 radical (unpaired) electrons. The van der Waals surface area contributed by atoms with E-state index in [4.69, 9.17) is 35.7 Å². The highest BCUT2D eigenvalue weighted by molar-refractivity contribution is 6.31. The number of anilines is 1. The average molecular weight is 778 g/mol. The molecule has 1 aromatic heterocycles.